The Bertz CT molecular complexity index is 889. The van der Waals surface area contributed by atoms with Crippen LogP contribution >= 0.6 is 11.8 Å². The van der Waals surface area contributed by atoms with Crippen LogP contribution in [0, 0.1) is 11.3 Å². The van der Waals surface area contributed by atoms with E-state index in [9.17, 15) is 10.1 Å². The minimum atomic E-state index is -0.722. The van der Waals surface area contributed by atoms with Gasteiger partial charge in [-0.25, -0.2) is 0 Å². The molecular formula is C22H29N5O2S. The van der Waals surface area contributed by atoms with Crippen LogP contribution in [0.3, 0.4) is 0 Å². The van der Waals surface area contributed by atoms with E-state index in [1.807, 2.05) is 19.1 Å². The van der Waals surface area contributed by atoms with Gasteiger partial charge in [-0.05, 0) is 44.7 Å². The van der Waals surface area contributed by atoms with Crippen LogP contribution in [0.5, 0.6) is 0 Å². The molecular weight excluding hydrogens is 398 g/mol. The molecule has 2 aliphatic carbocycles. The summed E-state index contributed by atoms with van der Waals surface area (Å²) in [5, 5.41) is 21.9. The number of nitrogens with zero attached hydrogens (tertiary/aromatic N) is 4. The Morgan fingerprint density at radius 1 is 1.27 bits per heavy atom. The summed E-state index contributed by atoms with van der Waals surface area (Å²) in [7, 11) is 0. The molecule has 0 spiro atoms. The Kier molecular flexibility index (Phi) is 6.47. The van der Waals surface area contributed by atoms with Gasteiger partial charge in [0, 0.05) is 6.04 Å². The van der Waals surface area contributed by atoms with Gasteiger partial charge in [0.1, 0.15) is 5.54 Å². The Morgan fingerprint density at radius 2 is 2.00 bits per heavy atom. The zero-order chi connectivity index (χ0) is 21.0. The second kappa shape index (κ2) is 9.25. The van der Waals surface area contributed by atoms with Gasteiger partial charge in [-0.1, -0.05) is 50.3 Å². The third-order valence-corrected chi connectivity index (χ3v) is 7.34. The fourth-order valence-corrected chi connectivity index (χ4v) is 5.49. The molecule has 2 aromatic heterocycles. The molecule has 0 radical (unpaired) electrons. The highest BCUT2D eigenvalue weighted by molar-refractivity contribution is 8.00. The molecule has 2 heterocycles. The second-order valence-electron chi connectivity index (χ2n) is 8.45. The summed E-state index contributed by atoms with van der Waals surface area (Å²) in [6, 6.07) is 6.43. The summed E-state index contributed by atoms with van der Waals surface area (Å²) in [4.78, 5) is 12.9. The molecule has 2 fully saturated rings. The highest BCUT2D eigenvalue weighted by atomic mass is 32.2. The van der Waals surface area contributed by atoms with E-state index < -0.39 is 5.54 Å². The van der Waals surface area contributed by atoms with Crippen molar-refractivity contribution in [3.05, 3.63) is 18.4 Å². The summed E-state index contributed by atoms with van der Waals surface area (Å²) < 4.78 is 7.76. The van der Waals surface area contributed by atoms with E-state index in [1.54, 1.807) is 6.26 Å². The molecule has 8 heteroatoms. The normalized spacial score (nSPS) is 20.4. The molecule has 1 unspecified atom stereocenters. The van der Waals surface area contributed by atoms with E-state index in [-0.39, 0.29) is 11.2 Å². The molecule has 7 nitrogen and oxygen atoms in total. The third-order valence-electron chi connectivity index (χ3n) is 6.28. The zero-order valence-corrected chi connectivity index (χ0v) is 18.3. The maximum absolute atomic E-state index is 12.9. The Labute approximate surface area is 181 Å². The lowest BCUT2D eigenvalue weighted by Crippen LogP contribution is -2.51. The van der Waals surface area contributed by atoms with Crippen molar-refractivity contribution >= 4 is 17.7 Å². The lowest BCUT2D eigenvalue weighted by Gasteiger charge is -2.32. The molecule has 0 saturated heterocycles. The van der Waals surface area contributed by atoms with Gasteiger partial charge >= 0.3 is 0 Å². The van der Waals surface area contributed by atoms with Crippen LogP contribution in [0.4, 0.5) is 0 Å². The first-order chi connectivity index (χ1) is 14.6. The van der Waals surface area contributed by atoms with Crippen LogP contribution in [0.15, 0.2) is 28.0 Å². The number of furan rings is 1. The van der Waals surface area contributed by atoms with Gasteiger partial charge in [0.25, 0.3) is 0 Å². The van der Waals surface area contributed by atoms with Gasteiger partial charge in [0.2, 0.25) is 11.7 Å². The maximum atomic E-state index is 12.9. The van der Waals surface area contributed by atoms with Gasteiger partial charge in [-0.3, -0.25) is 9.36 Å². The summed E-state index contributed by atoms with van der Waals surface area (Å²) >= 11 is 1.41. The minimum Gasteiger partial charge on any atom is -0.461 e. The number of aromatic nitrogens is 3. The number of hydrogen-bond donors (Lipinski definition) is 1. The highest BCUT2D eigenvalue weighted by Gasteiger charge is 2.35. The van der Waals surface area contributed by atoms with Crippen LogP contribution in [-0.4, -0.2) is 31.5 Å². The van der Waals surface area contributed by atoms with Crippen LogP contribution in [-0.2, 0) is 4.79 Å². The predicted octanol–water partition coefficient (Wildman–Crippen LogP) is 4.87. The number of nitrogens with one attached hydrogen (secondary N) is 1. The fourth-order valence-electron chi connectivity index (χ4n) is 4.57. The van der Waals surface area contributed by atoms with Crippen molar-refractivity contribution in [2.75, 3.05) is 0 Å². The molecule has 1 N–H and O–H groups in total. The molecule has 1 amide bonds. The van der Waals surface area contributed by atoms with Gasteiger partial charge in [-0.15, -0.1) is 10.2 Å². The van der Waals surface area contributed by atoms with Gasteiger partial charge in [-0.2, -0.15) is 5.26 Å². The minimum absolute atomic E-state index is 0.110. The second-order valence-corrected chi connectivity index (χ2v) is 9.76. The van der Waals surface area contributed by atoms with Gasteiger partial charge < -0.3 is 9.73 Å². The van der Waals surface area contributed by atoms with Crippen molar-refractivity contribution in [3.8, 4) is 17.7 Å². The average molecular weight is 428 g/mol. The van der Waals surface area contributed by atoms with Crippen LogP contribution in [0.1, 0.15) is 77.2 Å². The monoisotopic (exact) mass is 427 g/mol. The largest absolute Gasteiger partial charge is 0.461 e. The zero-order valence-electron chi connectivity index (χ0n) is 17.5. The standard InChI is InChI=1S/C22H29N5O2S/c1-16(20(28)24-22(15-23)12-6-3-7-13-22)30-21-26-25-19(18-11-8-14-29-18)27(21)17-9-4-2-5-10-17/h8,11,14,16-17H,2-7,9-10,12-13H2,1H3,(H,24,28). The number of rotatable bonds is 6. The molecule has 0 aromatic carbocycles. The van der Waals surface area contributed by atoms with Crippen LogP contribution < -0.4 is 5.32 Å². The molecule has 30 heavy (non-hydrogen) atoms. The maximum Gasteiger partial charge on any atom is 0.234 e. The smallest absolute Gasteiger partial charge is 0.234 e. The van der Waals surface area contributed by atoms with Crippen molar-refractivity contribution < 1.29 is 9.21 Å². The van der Waals surface area contributed by atoms with Gasteiger partial charge in [0.05, 0.1) is 17.6 Å². The number of amides is 1. The number of thioether (sulfide) groups is 1. The SMILES string of the molecule is CC(Sc1nnc(-c2ccco2)n1C1CCCCC1)C(=O)NC1(C#N)CCCCC1. The fraction of sp³-hybridized carbons (Fsp3) is 0.636. The van der Waals surface area contributed by atoms with E-state index >= 15 is 0 Å². The third kappa shape index (κ3) is 4.41. The van der Waals surface area contributed by atoms with E-state index in [0.29, 0.717) is 11.8 Å². The van der Waals surface area contributed by atoms with E-state index in [2.05, 4.69) is 26.2 Å². The van der Waals surface area contributed by atoms with E-state index in [0.717, 1.165) is 55.9 Å². The van der Waals surface area contributed by atoms with E-state index in [1.165, 1.54) is 31.0 Å². The van der Waals surface area contributed by atoms with Crippen LogP contribution in [0.2, 0.25) is 0 Å². The summed E-state index contributed by atoms with van der Waals surface area (Å²) in [5.74, 6) is 1.31. The molecule has 2 aliphatic rings. The number of carbonyl (C=O) groups excluding carboxylic acids is 1. The van der Waals surface area contributed by atoms with Crippen molar-refractivity contribution in [2.45, 2.75) is 93.1 Å². The first-order valence-electron chi connectivity index (χ1n) is 11.0. The number of hydrogen-bond acceptors (Lipinski definition) is 6. The molecule has 4 rings (SSSR count). The first-order valence-corrected chi connectivity index (χ1v) is 11.9. The molecule has 1 atom stereocenters. The van der Waals surface area contributed by atoms with Crippen molar-refractivity contribution in [3.63, 3.8) is 0 Å². The van der Waals surface area contributed by atoms with Crippen molar-refractivity contribution in [2.24, 2.45) is 0 Å². The first kappa shape index (κ1) is 21.0. The number of carbonyl (C=O) groups is 1. The Balaban J connectivity index is 1.53. The summed E-state index contributed by atoms with van der Waals surface area (Å²) in [6.07, 6.45) is 12.0. The van der Waals surface area contributed by atoms with Crippen LogP contribution in [0.25, 0.3) is 11.6 Å². The lowest BCUT2D eigenvalue weighted by atomic mass is 9.83. The Hall–Kier alpha value is -2.27. The summed E-state index contributed by atoms with van der Waals surface area (Å²) in [5.41, 5.74) is -0.722. The molecule has 0 bridgehead atoms. The quantitative estimate of drug-likeness (QED) is 0.661. The van der Waals surface area contributed by atoms with Crippen molar-refractivity contribution in [1.29, 1.82) is 5.26 Å². The highest BCUT2D eigenvalue weighted by Crippen LogP contribution is 2.37. The topological polar surface area (TPSA) is 96.7 Å². The molecule has 2 saturated carbocycles. The molecule has 0 aliphatic heterocycles. The Morgan fingerprint density at radius 3 is 2.67 bits per heavy atom. The summed E-state index contributed by atoms with van der Waals surface area (Å²) in [6.45, 7) is 1.88. The van der Waals surface area contributed by atoms with Crippen molar-refractivity contribution in [1.82, 2.24) is 20.1 Å². The lowest BCUT2D eigenvalue weighted by molar-refractivity contribution is -0.121. The van der Waals surface area contributed by atoms with Gasteiger partial charge in [0.15, 0.2) is 10.9 Å². The average Bonchev–Trinajstić information content (AvgIpc) is 3.45. The van der Waals surface area contributed by atoms with E-state index in [4.69, 9.17) is 4.42 Å². The number of nitriles is 1. The predicted molar refractivity (Wildman–Crippen MR) is 115 cm³/mol. The molecule has 2 aromatic rings. The molecule has 160 valence electrons.